The van der Waals surface area contributed by atoms with Gasteiger partial charge in [0, 0.05) is 23.2 Å². The summed E-state index contributed by atoms with van der Waals surface area (Å²) in [5.41, 5.74) is 2.02. The third kappa shape index (κ3) is 4.35. The highest BCUT2D eigenvalue weighted by molar-refractivity contribution is 7.71. The first kappa shape index (κ1) is 20.8. The second-order valence-corrected chi connectivity index (χ2v) is 7.52. The summed E-state index contributed by atoms with van der Waals surface area (Å²) in [5, 5.41) is 3.89. The van der Waals surface area contributed by atoms with Crippen molar-refractivity contribution in [3.05, 3.63) is 92.1 Å². The Bertz CT molecular complexity index is 1380. The maximum absolute atomic E-state index is 13.0. The topological polar surface area (TPSA) is 89.0 Å². The quantitative estimate of drug-likeness (QED) is 0.446. The number of pyridine rings is 1. The van der Waals surface area contributed by atoms with Crippen LogP contribution in [0.5, 0.6) is 5.88 Å². The third-order valence-electron chi connectivity index (χ3n) is 4.71. The number of carbonyl (C=O) groups excluding carboxylic acids is 1. The zero-order valence-electron chi connectivity index (χ0n) is 16.4. The number of nitrogens with zero attached hydrogens (tertiary/aromatic N) is 2. The van der Waals surface area contributed by atoms with Crippen LogP contribution in [0.4, 0.5) is 0 Å². The summed E-state index contributed by atoms with van der Waals surface area (Å²) in [6.45, 7) is 0.357. The van der Waals surface area contributed by atoms with Gasteiger partial charge in [0.05, 0.1) is 29.9 Å². The summed E-state index contributed by atoms with van der Waals surface area (Å²) in [6, 6.07) is 15.4. The molecule has 0 radical (unpaired) electrons. The highest BCUT2D eigenvalue weighted by Gasteiger charge is 2.12. The first-order chi connectivity index (χ1) is 15.0. The number of methoxy groups -OCH3 is 1. The molecular formula is C22H17ClN4O3S. The van der Waals surface area contributed by atoms with Crippen molar-refractivity contribution in [3.8, 4) is 11.6 Å². The van der Waals surface area contributed by atoms with Crippen molar-refractivity contribution in [2.45, 2.75) is 6.54 Å². The van der Waals surface area contributed by atoms with Gasteiger partial charge in [-0.2, -0.15) is 0 Å². The fourth-order valence-electron chi connectivity index (χ4n) is 3.11. The minimum absolute atomic E-state index is 0.197. The minimum Gasteiger partial charge on any atom is -0.481 e. The molecular weight excluding hydrogens is 436 g/mol. The molecule has 4 rings (SSSR count). The lowest BCUT2D eigenvalue weighted by molar-refractivity contribution is 0.0951. The van der Waals surface area contributed by atoms with Crippen molar-refractivity contribution < 1.29 is 9.53 Å². The fraction of sp³-hybridized carbons (Fsp3) is 0.0909. The maximum Gasteiger partial charge on any atom is 0.266 e. The van der Waals surface area contributed by atoms with Crippen LogP contribution >= 0.6 is 23.8 Å². The van der Waals surface area contributed by atoms with E-state index in [9.17, 15) is 9.59 Å². The molecule has 2 N–H and O–H groups in total. The van der Waals surface area contributed by atoms with E-state index >= 15 is 0 Å². The molecule has 0 bridgehead atoms. The molecule has 1 amide bonds. The number of amides is 1. The molecule has 2 aromatic carbocycles. The second kappa shape index (κ2) is 8.71. The average molecular weight is 453 g/mol. The van der Waals surface area contributed by atoms with E-state index in [4.69, 9.17) is 28.6 Å². The van der Waals surface area contributed by atoms with Crippen LogP contribution in [0.15, 0.2) is 65.6 Å². The molecule has 0 unspecified atom stereocenters. The van der Waals surface area contributed by atoms with Crippen LogP contribution in [0.3, 0.4) is 0 Å². The van der Waals surface area contributed by atoms with E-state index < -0.39 is 0 Å². The lowest BCUT2D eigenvalue weighted by atomic mass is 10.1. The third-order valence-corrected chi connectivity index (χ3v) is 5.25. The van der Waals surface area contributed by atoms with Crippen LogP contribution in [0.2, 0.25) is 5.02 Å². The normalized spacial score (nSPS) is 10.8. The van der Waals surface area contributed by atoms with Gasteiger partial charge < -0.3 is 15.0 Å². The van der Waals surface area contributed by atoms with Gasteiger partial charge in [-0.25, -0.2) is 4.98 Å². The van der Waals surface area contributed by atoms with Crippen molar-refractivity contribution >= 4 is 40.6 Å². The second-order valence-electron chi connectivity index (χ2n) is 6.70. The summed E-state index contributed by atoms with van der Waals surface area (Å²) < 4.78 is 6.60. The molecule has 4 aromatic rings. The lowest BCUT2D eigenvalue weighted by Crippen LogP contribution is -2.24. The summed E-state index contributed by atoms with van der Waals surface area (Å²) in [4.78, 5) is 32.7. The SMILES string of the molecule is COc1ccc(-n2c(=S)[nH]c3cc(C(=O)NCc4ccc(Cl)cc4)ccc3c2=O)cn1. The number of hydrogen-bond donors (Lipinski definition) is 2. The number of aromatic amines is 1. The Hall–Kier alpha value is -3.49. The largest absolute Gasteiger partial charge is 0.481 e. The van der Waals surface area contributed by atoms with Crippen LogP contribution in [0.1, 0.15) is 15.9 Å². The van der Waals surface area contributed by atoms with Gasteiger partial charge >= 0.3 is 0 Å². The predicted octanol–water partition coefficient (Wildman–Crippen LogP) is 4.04. The van der Waals surface area contributed by atoms with Gasteiger partial charge in [-0.15, -0.1) is 0 Å². The number of halogens is 1. The van der Waals surface area contributed by atoms with Crippen LogP contribution in [-0.2, 0) is 6.54 Å². The van der Waals surface area contributed by atoms with E-state index in [1.807, 2.05) is 12.1 Å². The highest BCUT2D eigenvalue weighted by Crippen LogP contribution is 2.15. The molecule has 2 aromatic heterocycles. The Labute approximate surface area is 187 Å². The van der Waals surface area contributed by atoms with Crippen molar-refractivity contribution in [2.75, 3.05) is 7.11 Å². The number of fused-ring (bicyclic) bond motifs is 1. The lowest BCUT2D eigenvalue weighted by Gasteiger charge is -2.10. The molecule has 156 valence electrons. The van der Waals surface area contributed by atoms with Crippen molar-refractivity contribution in [1.82, 2.24) is 19.9 Å². The van der Waals surface area contributed by atoms with Crippen molar-refractivity contribution in [2.24, 2.45) is 0 Å². The highest BCUT2D eigenvalue weighted by atomic mass is 35.5. The van der Waals surface area contributed by atoms with E-state index in [0.29, 0.717) is 39.6 Å². The number of hydrogen-bond acceptors (Lipinski definition) is 5. The van der Waals surface area contributed by atoms with Gasteiger partial charge in [-0.1, -0.05) is 23.7 Å². The Kier molecular flexibility index (Phi) is 5.83. The number of H-pyrrole nitrogens is 1. The van der Waals surface area contributed by atoms with Gasteiger partial charge in [-0.05, 0) is 54.2 Å². The first-order valence-electron chi connectivity index (χ1n) is 9.28. The van der Waals surface area contributed by atoms with Gasteiger partial charge in [0.1, 0.15) is 0 Å². The van der Waals surface area contributed by atoms with E-state index in [1.165, 1.54) is 17.9 Å². The van der Waals surface area contributed by atoms with Gasteiger partial charge in [0.15, 0.2) is 4.77 Å². The Morgan fingerprint density at radius 1 is 1.19 bits per heavy atom. The van der Waals surface area contributed by atoms with Gasteiger partial charge in [0.25, 0.3) is 11.5 Å². The van der Waals surface area contributed by atoms with E-state index in [-0.39, 0.29) is 16.2 Å². The molecule has 2 heterocycles. The van der Waals surface area contributed by atoms with Crippen molar-refractivity contribution in [1.29, 1.82) is 0 Å². The number of carbonyl (C=O) groups is 1. The monoisotopic (exact) mass is 452 g/mol. The molecule has 0 saturated carbocycles. The van der Waals surface area contributed by atoms with Crippen molar-refractivity contribution in [3.63, 3.8) is 0 Å². The van der Waals surface area contributed by atoms with Gasteiger partial charge in [-0.3, -0.25) is 14.2 Å². The minimum atomic E-state index is -0.307. The molecule has 0 aliphatic carbocycles. The zero-order chi connectivity index (χ0) is 22.0. The Morgan fingerprint density at radius 3 is 2.65 bits per heavy atom. The van der Waals surface area contributed by atoms with E-state index in [2.05, 4.69) is 15.3 Å². The summed E-state index contributed by atoms with van der Waals surface area (Å²) >= 11 is 11.3. The molecule has 7 nitrogen and oxygen atoms in total. The maximum atomic E-state index is 13.0. The average Bonchev–Trinajstić information content (AvgIpc) is 2.78. The van der Waals surface area contributed by atoms with E-state index in [0.717, 1.165) is 5.56 Å². The summed E-state index contributed by atoms with van der Waals surface area (Å²) in [6.07, 6.45) is 1.51. The van der Waals surface area contributed by atoms with Crippen LogP contribution in [0, 0.1) is 4.77 Å². The molecule has 9 heteroatoms. The molecule has 0 fully saturated rings. The number of benzene rings is 2. The molecule has 0 atom stereocenters. The molecule has 31 heavy (non-hydrogen) atoms. The first-order valence-corrected chi connectivity index (χ1v) is 10.1. The zero-order valence-corrected chi connectivity index (χ0v) is 18.0. The Balaban J connectivity index is 1.63. The number of nitrogens with one attached hydrogen (secondary N) is 2. The van der Waals surface area contributed by atoms with Crippen LogP contribution in [-0.4, -0.2) is 27.6 Å². The summed E-state index contributed by atoms with van der Waals surface area (Å²) in [7, 11) is 1.51. The van der Waals surface area contributed by atoms with Gasteiger partial charge in [0.2, 0.25) is 5.88 Å². The standard InChI is InChI=1S/C22H17ClN4O3S/c1-30-19-9-7-16(12-24-19)27-21(29)17-8-4-14(10-18(17)26-22(27)31)20(28)25-11-13-2-5-15(23)6-3-13/h2-10,12H,11H2,1H3,(H,25,28)(H,26,31). The molecule has 0 spiro atoms. The number of rotatable bonds is 5. The van der Waals surface area contributed by atoms with E-state index in [1.54, 1.807) is 42.5 Å². The van der Waals surface area contributed by atoms with Crippen LogP contribution in [0.25, 0.3) is 16.6 Å². The number of aromatic nitrogens is 3. The Morgan fingerprint density at radius 2 is 1.97 bits per heavy atom. The fourth-order valence-corrected chi connectivity index (χ4v) is 3.53. The predicted molar refractivity (Wildman–Crippen MR) is 122 cm³/mol. The molecule has 0 aliphatic rings. The number of ether oxygens (including phenoxy) is 1. The molecule has 0 saturated heterocycles. The summed E-state index contributed by atoms with van der Waals surface area (Å²) in [5.74, 6) is 0.168. The smallest absolute Gasteiger partial charge is 0.266 e. The molecule has 0 aliphatic heterocycles. The van der Waals surface area contributed by atoms with Crippen LogP contribution < -0.4 is 15.6 Å².